The molecule has 6 rings (SSSR count). The van der Waals surface area contributed by atoms with Crippen molar-refractivity contribution in [2.24, 2.45) is 0 Å². The molecule has 0 aromatic heterocycles. The van der Waals surface area contributed by atoms with Crippen molar-refractivity contribution in [1.82, 2.24) is 9.80 Å². The molecule has 3 heterocycles. The highest BCUT2D eigenvalue weighted by molar-refractivity contribution is 6.11. The Morgan fingerprint density at radius 1 is 0.943 bits per heavy atom. The van der Waals surface area contributed by atoms with Crippen molar-refractivity contribution in [1.29, 1.82) is 0 Å². The van der Waals surface area contributed by atoms with Crippen LogP contribution in [-0.2, 0) is 11.2 Å². The number of nitrogens with zero attached hydrogens (tertiary/aromatic N) is 2. The maximum absolute atomic E-state index is 13.7. The van der Waals surface area contributed by atoms with Crippen LogP contribution in [0.2, 0.25) is 0 Å². The van der Waals surface area contributed by atoms with Crippen LogP contribution in [0, 0.1) is 0 Å². The molecule has 0 unspecified atom stereocenters. The molecule has 3 aliphatic rings. The Balaban J connectivity index is 1.50. The van der Waals surface area contributed by atoms with E-state index < -0.39 is 0 Å². The number of rotatable bonds is 5. The van der Waals surface area contributed by atoms with Gasteiger partial charge < -0.3 is 28.7 Å². The van der Waals surface area contributed by atoms with Crippen LogP contribution in [0.3, 0.4) is 0 Å². The summed E-state index contributed by atoms with van der Waals surface area (Å²) in [6.07, 6.45) is 0.622. The predicted molar refractivity (Wildman–Crippen MR) is 129 cm³/mol. The lowest BCUT2D eigenvalue weighted by atomic mass is 9.85. The topological polar surface area (TPSA) is 77.5 Å². The van der Waals surface area contributed by atoms with Gasteiger partial charge in [-0.3, -0.25) is 9.59 Å². The molecule has 180 valence electrons. The van der Waals surface area contributed by atoms with E-state index in [4.69, 9.17) is 18.9 Å². The maximum atomic E-state index is 13.7. The molecular weight excluding hydrogens is 448 g/mol. The molecule has 3 aliphatic heterocycles. The molecule has 8 nitrogen and oxygen atoms in total. The second-order valence-corrected chi connectivity index (χ2v) is 8.79. The fourth-order valence-corrected chi connectivity index (χ4v) is 5.22. The second-order valence-electron chi connectivity index (χ2n) is 8.79. The molecule has 8 heteroatoms. The average Bonchev–Trinajstić information content (AvgIpc) is 3.54. The van der Waals surface area contributed by atoms with Gasteiger partial charge in [-0.2, -0.15) is 0 Å². The highest BCUT2D eigenvalue weighted by Gasteiger charge is 2.32. The summed E-state index contributed by atoms with van der Waals surface area (Å²) >= 11 is 0. The van der Waals surface area contributed by atoms with Gasteiger partial charge >= 0.3 is 0 Å². The first-order valence-electron chi connectivity index (χ1n) is 11.9. The van der Waals surface area contributed by atoms with Crippen LogP contribution >= 0.6 is 0 Å². The number of likely N-dealkylation sites (N-methyl/N-ethyl adjacent to an activating group) is 1. The molecule has 0 spiro atoms. The van der Waals surface area contributed by atoms with Crippen LogP contribution in [0.25, 0.3) is 21.9 Å². The van der Waals surface area contributed by atoms with E-state index in [9.17, 15) is 9.59 Å². The molecule has 0 N–H and O–H groups in total. The average molecular weight is 475 g/mol. The maximum Gasteiger partial charge on any atom is 0.254 e. The van der Waals surface area contributed by atoms with Crippen LogP contribution in [0.15, 0.2) is 36.4 Å². The van der Waals surface area contributed by atoms with Gasteiger partial charge in [-0.15, -0.1) is 0 Å². The van der Waals surface area contributed by atoms with Crippen LogP contribution in [0.4, 0.5) is 0 Å². The van der Waals surface area contributed by atoms with E-state index in [1.165, 1.54) is 0 Å². The molecule has 2 amide bonds. The summed E-state index contributed by atoms with van der Waals surface area (Å²) in [5.74, 6) is 2.58. The summed E-state index contributed by atoms with van der Waals surface area (Å²) in [4.78, 5) is 29.8. The van der Waals surface area contributed by atoms with Crippen molar-refractivity contribution < 1.29 is 28.5 Å². The van der Waals surface area contributed by atoms with Crippen LogP contribution in [0.1, 0.15) is 29.8 Å². The predicted octanol–water partition coefficient (Wildman–Crippen LogP) is 3.83. The van der Waals surface area contributed by atoms with Crippen LogP contribution < -0.4 is 18.9 Å². The smallest absolute Gasteiger partial charge is 0.254 e. The summed E-state index contributed by atoms with van der Waals surface area (Å²) in [6, 6.07) is 11.6. The third kappa shape index (κ3) is 3.43. The summed E-state index contributed by atoms with van der Waals surface area (Å²) in [7, 11) is 0. The molecule has 0 bridgehead atoms. The Hall–Kier alpha value is -3.94. The molecule has 0 saturated heterocycles. The van der Waals surface area contributed by atoms with E-state index in [-0.39, 0.29) is 31.9 Å². The van der Waals surface area contributed by atoms with Gasteiger partial charge in [-0.05, 0) is 66.6 Å². The highest BCUT2D eigenvalue weighted by atomic mass is 16.7. The number of hydrogen-bond donors (Lipinski definition) is 0. The Morgan fingerprint density at radius 2 is 1.69 bits per heavy atom. The van der Waals surface area contributed by atoms with Crippen molar-refractivity contribution in [2.45, 2.75) is 20.3 Å². The largest absolute Gasteiger partial charge is 0.454 e. The van der Waals surface area contributed by atoms with Gasteiger partial charge in [0, 0.05) is 30.6 Å². The molecule has 0 aliphatic carbocycles. The van der Waals surface area contributed by atoms with Crippen molar-refractivity contribution in [3.8, 4) is 34.1 Å². The lowest BCUT2D eigenvalue weighted by Gasteiger charge is -2.32. The van der Waals surface area contributed by atoms with Gasteiger partial charge in [0.05, 0.1) is 0 Å². The summed E-state index contributed by atoms with van der Waals surface area (Å²) < 4.78 is 22.7. The van der Waals surface area contributed by atoms with Gasteiger partial charge in [0.1, 0.15) is 6.54 Å². The van der Waals surface area contributed by atoms with Gasteiger partial charge in [0.25, 0.3) is 5.91 Å². The Bertz CT molecular complexity index is 1360. The number of benzene rings is 3. The van der Waals surface area contributed by atoms with Gasteiger partial charge in [0.15, 0.2) is 23.0 Å². The van der Waals surface area contributed by atoms with Gasteiger partial charge in [0.2, 0.25) is 19.5 Å². The van der Waals surface area contributed by atoms with Gasteiger partial charge in [-0.1, -0.05) is 12.1 Å². The molecule has 0 radical (unpaired) electrons. The zero-order chi connectivity index (χ0) is 24.1. The standard InChI is InChI=1S/C27H26N2O6/c1-3-28(4-2)23(30)13-29-10-9-18-19(27(29)31)11-16-6-8-21-26(35-15-33-21)25(16)24(18)17-5-7-20-22(12-17)34-14-32-20/h5-8,11-12H,3-4,9-10,13-15H2,1-2H3. The zero-order valence-corrected chi connectivity index (χ0v) is 19.8. The van der Waals surface area contributed by atoms with E-state index in [1.54, 1.807) is 9.80 Å². The van der Waals surface area contributed by atoms with Crippen molar-refractivity contribution in [3.63, 3.8) is 0 Å². The number of carbonyl (C=O) groups is 2. The number of ether oxygens (including phenoxy) is 4. The summed E-state index contributed by atoms with van der Waals surface area (Å²) in [5.41, 5.74) is 3.40. The number of amides is 2. The minimum atomic E-state index is -0.131. The van der Waals surface area contributed by atoms with Crippen molar-refractivity contribution >= 4 is 22.6 Å². The van der Waals surface area contributed by atoms with Crippen molar-refractivity contribution in [3.05, 3.63) is 47.5 Å². The van der Waals surface area contributed by atoms with E-state index in [1.807, 2.05) is 50.2 Å². The van der Waals surface area contributed by atoms with Gasteiger partial charge in [-0.25, -0.2) is 0 Å². The SMILES string of the molecule is CCN(CC)C(=O)CN1CCc2c(cc3ccc4c(c3c2-c2ccc3c(c2)OCO3)OCO4)C1=O. The minimum absolute atomic E-state index is 0.0352. The first-order valence-corrected chi connectivity index (χ1v) is 11.9. The minimum Gasteiger partial charge on any atom is -0.454 e. The lowest BCUT2D eigenvalue weighted by Crippen LogP contribution is -2.45. The fourth-order valence-electron chi connectivity index (χ4n) is 5.22. The van der Waals surface area contributed by atoms with Crippen LogP contribution in [0.5, 0.6) is 23.0 Å². The molecular formula is C27H26N2O6. The first kappa shape index (κ1) is 21.6. The van der Waals surface area contributed by atoms with E-state index in [0.29, 0.717) is 54.6 Å². The normalized spacial score (nSPS) is 15.5. The van der Waals surface area contributed by atoms with Crippen molar-refractivity contribution in [2.75, 3.05) is 39.8 Å². The third-order valence-electron chi connectivity index (χ3n) is 7.00. The summed E-state index contributed by atoms with van der Waals surface area (Å²) in [6.45, 7) is 6.04. The van der Waals surface area contributed by atoms with E-state index >= 15 is 0 Å². The molecule has 0 fully saturated rings. The molecule has 3 aromatic rings. The number of hydrogen-bond acceptors (Lipinski definition) is 6. The molecule has 0 saturated carbocycles. The lowest BCUT2D eigenvalue weighted by molar-refractivity contribution is -0.131. The monoisotopic (exact) mass is 474 g/mol. The van der Waals surface area contributed by atoms with E-state index in [2.05, 4.69) is 0 Å². The van der Waals surface area contributed by atoms with E-state index in [0.717, 1.165) is 27.5 Å². The summed E-state index contributed by atoms with van der Waals surface area (Å²) in [5, 5.41) is 1.80. The second kappa shape index (κ2) is 8.37. The fraction of sp³-hybridized carbons (Fsp3) is 0.333. The number of fused-ring (bicyclic) bond motifs is 5. The number of carbonyl (C=O) groups excluding carboxylic acids is 2. The van der Waals surface area contributed by atoms with Crippen LogP contribution in [-0.4, -0.2) is 61.4 Å². The quantitative estimate of drug-likeness (QED) is 0.559. The third-order valence-corrected chi connectivity index (χ3v) is 7.00. The first-order chi connectivity index (χ1) is 17.1. The Kier molecular flexibility index (Phi) is 5.16. The Morgan fingerprint density at radius 3 is 2.51 bits per heavy atom. The zero-order valence-electron chi connectivity index (χ0n) is 19.8. The molecule has 35 heavy (non-hydrogen) atoms. The molecule has 3 aromatic carbocycles. The highest BCUT2D eigenvalue weighted by Crippen LogP contribution is 2.48. The Labute approximate surface area is 202 Å². The molecule has 0 atom stereocenters.